The van der Waals surface area contributed by atoms with E-state index in [1.807, 2.05) is 0 Å². The fraction of sp³-hybridized carbons (Fsp3) is 0.318. The quantitative estimate of drug-likeness (QED) is 0.378. The minimum atomic E-state index is -2.81. The first-order chi connectivity index (χ1) is 16.3. The Labute approximate surface area is 190 Å². The van der Waals surface area contributed by atoms with Crippen molar-refractivity contribution in [3.63, 3.8) is 0 Å². The summed E-state index contributed by atoms with van der Waals surface area (Å²) in [7, 11) is 0. The summed E-state index contributed by atoms with van der Waals surface area (Å²) in [5, 5.41) is 5.33. The Kier molecular flexibility index (Phi) is 5.50. The Morgan fingerprint density at radius 2 is 1.97 bits per heavy atom. The molecule has 8 nitrogen and oxygen atoms in total. The van der Waals surface area contributed by atoms with Crippen LogP contribution in [0.25, 0.3) is 27.8 Å². The largest absolute Gasteiger partial charge is 0.348 e. The summed E-state index contributed by atoms with van der Waals surface area (Å²) in [6, 6.07) is 5.19. The highest BCUT2D eigenvalue weighted by atomic mass is 19.3. The molecule has 5 rings (SSSR count). The van der Waals surface area contributed by atoms with Crippen molar-refractivity contribution in [2.45, 2.75) is 25.2 Å². The molecule has 4 heterocycles. The van der Waals surface area contributed by atoms with Gasteiger partial charge in [-0.25, -0.2) is 32.5 Å². The lowest BCUT2D eigenvalue weighted by Crippen LogP contribution is -2.30. The topological polar surface area (TPSA) is 97.1 Å². The number of halogens is 4. The number of carbonyl (C=O) groups excluding carboxylic acids is 1. The third-order valence-corrected chi connectivity index (χ3v) is 5.62. The Bertz CT molecular complexity index is 1370. The van der Waals surface area contributed by atoms with Crippen molar-refractivity contribution in [1.29, 1.82) is 0 Å². The van der Waals surface area contributed by atoms with E-state index in [0.29, 0.717) is 40.6 Å². The Morgan fingerprint density at radius 1 is 1.15 bits per heavy atom. The first-order valence-corrected chi connectivity index (χ1v) is 10.6. The van der Waals surface area contributed by atoms with Gasteiger partial charge in [0, 0.05) is 29.9 Å². The molecule has 1 aliphatic carbocycles. The van der Waals surface area contributed by atoms with Crippen molar-refractivity contribution < 1.29 is 22.4 Å². The van der Waals surface area contributed by atoms with Gasteiger partial charge in [-0.05, 0) is 42.2 Å². The molecule has 1 saturated carbocycles. The van der Waals surface area contributed by atoms with Crippen LogP contribution in [0.1, 0.15) is 23.3 Å². The maximum atomic E-state index is 14.0. The molecule has 176 valence electrons. The maximum absolute atomic E-state index is 14.0. The predicted octanol–water partition coefficient (Wildman–Crippen LogP) is 3.79. The molecule has 0 aliphatic heterocycles. The molecule has 1 aliphatic rings. The zero-order chi connectivity index (χ0) is 23.9. The Morgan fingerprint density at radius 3 is 2.74 bits per heavy atom. The molecule has 0 bridgehead atoms. The maximum Gasteiger partial charge on any atom is 0.270 e. The fourth-order valence-corrected chi connectivity index (χ4v) is 3.69. The van der Waals surface area contributed by atoms with Crippen LogP contribution in [0.15, 0.2) is 43.0 Å². The van der Waals surface area contributed by atoms with E-state index in [1.165, 1.54) is 23.0 Å². The molecule has 34 heavy (non-hydrogen) atoms. The van der Waals surface area contributed by atoms with Crippen LogP contribution >= 0.6 is 0 Å². The van der Waals surface area contributed by atoms with Gasteiger partial charge in [0.2, 0.25) is 5.95 Å². The van der Waals surface area contributed by atoms with E-state index in [1.54, 1.807) is 24.4 Å². The number of carbonyl (C=O) groups is 1. The lowest BCUT2D eigenvalue weighted by atomic mass is 10.1. The number of nitrogens with zero attached hydrogens (tertiary/aromatic N) is 5. The van der Waals surface area contributed by atoms with Gasteiger partial charge in [-0.15, -0.1) is 0 Å². The normalized spacial score (nSPS) is 14.1. The molecule has 12 heteroatoms. The molecule has 2 N–H and O–H groups in total. The molecule has 0 radical (unpaired) electrons. The number of anilines is 1. The fourth-order valence-electron chi connectivity index (χ4n) is 3.69. The third-order valence-electron chi connectivity index (χ3n) is 5.62. The highest BCUT2D eigenvalue weighted by Gasteiger charge is 2.46. The van der Waals surface area contributed by atoms with Gasteiger partial charge in [0.05, 0.1) is 19.3 Å². The molecule has 0 saturated heterocycles. The van der Waals surface area contributed by atoms with E-state index in [-0.39, 0.29) is 11.6 Å². The number of nitrogens with one attached hydrogen (secondary N) is 2. The molecule has 4 aromatic heterocycles. The molecule has 0 atom stereocenters. The van der Waals surface area contributed by atoms with Gasteiger partial charge in [0.1, 0.15) is 11.3 Å². The van der Waals surface area contributed by atoms with E-state index in [9.17, 15) is 22.4 Å². The zero-order valence-electron chi connectivity index (χ0n) is 17.7. The van der Waals surface area contributed by atoms with Crippen LogP contribution in [-0.4, -0.2) is 55.7 Å². The summed E-state index contributed by atoms with van der Waals surface area (Å²) in [6.07, 6.45) is 4.36. The van der Waals surface area contributed by atoms with Crippen LogP contribution in [0.2, 0.25) is 0 Å². The van der Waals surface area contributed by atoms with Gasteiger partial charge in [0.15, 0.2) is 5.65 Å². The van der Waals surface area contributed by atoms with Gasteiger partial charge in [-0.3, -0.25) is 9.20 Å². The predicted molar refractivity (Wildman–Crippen MR) is 116 cm³/mol. The summed E-state index contributed by atoms with van der Waals surface area (Å²) < 4.78 is 54.4. The highest BCUT2D eigenvalue weighted by molar-refractivity contribution is 5.94. The van der Waals surface area contributed by atoms with Crippen molar-refractivity contribution in [2.24, 2.45) is 5.92 Å². The average Bonchev–Trinajstić information content (AvgIpc) is 3.61. The van der Waals surface area contributed by atoms with Crippen LogP contribution < -0.4 is 10.6 Å². The number of aromatic nitrogens is 5. The smallest absolute Gasteiger partial charge is 0.270 e. The van der Waals surface area contributed by atoms with Gasteiger partial charge >= 0.3 is 0 Å². The number of pyridine rings is 2. The number of amides is 1. The van der Waals surface area contributed by atoms with Crippen LogP contribution in [0.5, 0.6) is 0 Å². The SMILES string of the molecule is O=C(NCC(F)F)c1cnc2ccc(-c3ccnc4nc(NCC(F)(F)C5CC5)ncc34)cn12. The minimum absolute atomic E-state index is 0.0560. The van der Waals surface area contributed by atoms with Crippen molar-refractivity contribution in [1.82, 2.24) is 29.7 Å². The van der Waals surface area contributed by atoms with Crippen LogP contribution in [0.3, 0.4) is 0 Å². The number of imidazole rings is 1. The van der Waals surface area contributed by atoms with Gasteiger partial charge in [-0.2, -0.15) is 4.98 Å². The van der Waals surface area contributed by atoms with Crippen LogP contribution in [0, 0.1) is 5.92 Å². The Balaban J connectivity index is 1.44. The van der Waals surface area contributed by atoms with E-state index in [2.05, 4.69) is 30.6 Å². The molecular weight excluding hydrogens is 454 g/mol. The summed E-state index contributed by atoms with van der Waals surface area (Å²) in [5.41, 5.74) is 2.24. The van der Waals surface area contributed by atoms with E-state index < -0.39 is 37.3 Å². The zero-order valence-corrected chi connectivity index (χ0v) is 17.7. The number of alkyl halides is 4. The summed E-state index contributed by atoms with van der Waals surface area (Å²) in [6.45, 7) is -1.31. The number of fused-ring (bicyclic) bond motifs is 2. The minimum Gasteiger partial charge on any atom is -0.348 e. The molecule has 4 aromatic rings. The molecule has 1 amide bonds. The van der Waals surface area contributed by atoms with Gasteiger partial charge in [-0.1, -0.05) is 0 Å². The molecule has 0 aromatic carbocycles. The first kappa shape index (κ1) is 22.0. The molecule has 0 spiro atoms. The van der Waals surface area contributed by atoms with Crippen molar-refractivity contribution in [3.8, 4) is 11.1 Å². The lowest BCUT2D eigenvalue weighted by molar-refractivity contribution is -0.00832. The van der Waals surface area contributed by atoms with Crippen LogP contribution in [-0.2, 0) is 0 Å². The summed E-state index contributed by atoms with van der Waals surface area (Å²) in [4.78, 5) is 29.1. The van der Waals surface area contributed by atoms with E-state index in [0.717, 1.165) is 0 Å². The number of hydrogen-bond acceptors (Lipinski definition) is 6. The lowest BCUT2D eigenvalue weighted by Gasteiger charge is -2.16. The second-order valence-electron chi connectivity index (χ2n) is 8.07. The third kappa shape index (κ3) is 4.35. The standard InChI is InChI=1S/C22H19F4N7O/c23-17(24)9-29-20(34)16-8-28-18-4-1-12(10-33(16)18)14-5-6-27-19-15(14)7-30-21(32-19)31-11-22(25,26)13-2-3-13/h1,4-8,10,13,17H,2-3,9,11H2,(H,29,34)(H,27,30,31,32). The number of hydrogen-bond donors (Lipinski definition) is 2. The van der Waals surface area contributed by atoms with E-state index in [4.69, 9.17) is 0 Å². The van der Waals surface area contributed by atoms with Gasteiger partial charge in [0.25, 0.3) is 18.3 Å². The average molecular weight is 473 g/mol. The molecular formula is C22H19F4N7O. The summed E-state index contributed by atoms with van der Waals surface area (Å²) in [5.74, 6) is -4.02. The summed E-state index contributed by atoms with van der Waals surface area (Å²) >= 11 is 0. The monoisotopic (exact) mass is 473 g/mol. The second kappa shape index (κ2) is 8.50. The first-order valence-electron chi connectivity index (χ1n) is 10.6. The van der Waals surface area contributed by atoms with Gasteiger partial charge < -0.3 is 10.6 Å². The molecule has 0 unspecified atom stereocenters. The highest BCUT2D eigenvalue weighted by Crippen LogP contribution is 2.43. The van der Waals surface area contributed by atoms with Crippen LogP contribution in [0.4, 0.5) is 23.5 Å². The van der Waals surface area contributed by atoms with Crippen molar-refractivity contribution in [3.05, 3.63) is 48.7 Å². The molecule has 1 fully saturated rings. The van der Waals surface area contributed by atoms with Crippen molar-refractivity contribution in [2.75, 3.05) is 18.4 Å². The van der Waals surface area contributed by atoms with E-state index >= 15 is 0 Å². The Hall–Kier alpha value is -3.83. The second-order valence-corrected chi connectivity index (χ2v) is 8.07. The van der Waals surface area contributed by atoms with Crippen molar-refractivity contribution >= 4 is 28.5 Å². The number of rotatable bonds is 8.